The predicted molar refractivity (Wildman–Crippen MR) is 44.7 cm³/mol. The summed E-state index contributed by atoms with van der Waals surface area (Å²) in [5.74, 6) is 0. The Bertz CT molecular complexity index is 156. The summed E-state index contributed by atoms with van der Waals surface area (Å²) in [6.07, 6.45) is 8.66. The molecule has 0 aromatic heterocycles. The first-order valence-electron chi connectivity index (χ1n) is 4.00. The van der Waals surface area contributed by atoms with Crippen LogP contribution in [-0.4, -0.2) is 6.04 Å². The minimum atomic E-state index is 0.593. The molecule has 56 valence electrons. The number of dihydropyridines is 1. The quantitative estimate of drug-likeness (QED) is 0.615. The van der Waals surface area contributed by atoms with Gasteiger partial charge in [-0.15, -0.1) is 0 Å². The standard InChI is InChI=1S/C9H15N/c1-3-8-6-5-7-10-9(8)4-2/h5-7,9-10H,3-4H2,1-2H3. The largest absolute Gasteiger partial charge is 0.384 e. The fraction of sp³-hybridized carbons (Fsp3) is 0.556. The lowest BCUT2D eigenvalue weighted by Gasteiger charge is -2.20. The van der Waals surface area contributed by atoms with Gasteiger partial charge in [0.05, 0.1) is 0 Å². The molecule has 1 heterocycles. The summed E-state index contributed by atoms with van der Waals surface area (Å²) in [4.78, 5) is 0. The summed E-state index contributed by atoms with van der Waals surface area (Å²) < 4.78 is 0. The molecule has 1 N–H and O–H groups in total. The molecular weight excluding hydrogens is 122 g/mol. The molecule has 0 aromatic carbocycles. The molecule has 1 nitrogen and oxygen atoms in total. The van der Waals surface area contributed by atoms with Crippen molar-refractivity contribution in [1.82, 2.24) is 5.32 Å². The van der Waals surface area contributed by atoms with E-state index in [2.05, 4.69) is 31.3 Å². The van der Waals surface area contributed by atoms with Gasteiger partial charge >= 0.3 is 0 Å². The van der Waals surface area contributed by atoms with E-state index >= 15 is 0 Å². The van der Waals surface area contributed by atoms with Crippen LogP contribution >= 0.6 is 0 Å². The Balaban J connectivity index is 2.61. The highest BCUT2D eigenvalue weighted by molar-refractivity contribution is 5.22. The molecule has 1 atom stereocenters. The first kappa shape index (κ1) is 7.39. The first-order valence-corrected chi connectivity index (χ1v) is 4.00. The van der Waals surface area contributed by atoms with Crippen LogP contribution in [0.2, 0.25) is 0 Å². The van der Waals surface area contributed by atoms with E-state index in [1.807, 2.05) is 6.20 Å². The van der Waals surface area contributed by atoms with E-state index in [0.717, 1.165) is 6.42 Å². The molecule has 1 aliphatic rings. The van der Waals surface area contributed by atoms with Crippen molar-refractivity contribution in [1.29, 1.82) is 0 Å². The molecule has 0 saturated heterocycles. The van der Waals surface area contributed by atoms with Gasteiger partial charge in [-0.05, 0) is 30.7 Å². The van der Waals surface area contributed by atoms with Crippen molar-refractivity contribution in [3.63, 3.8) is 0 Å². The van der Waals surface area contributed by atoms with E-state index in [1.54, 1.807) is 0 Å². The smallest absolute Gasteiger partial charge is 0.0468 e. The van der Waals surface area contributed by atoms with E-state index in [1.165, 1.54) is 12.0 Å². The van der Waals surface area contributed by atoms with Gasteiger partial charge in [0, 0.05) is 6.04 Å². The Kier molecular flexibility index (Phi) is 2.55. The Labute approximate surface area is 62.8 Å². The van der Waals surface area contributed by atoms with Gasteiger partial charge in [-0.2, -0.15) is 0 Å². The van der Waals surface area contributed by atoms with Crippen LogP contribution in [0.3, 0.4) is 0 Å². The maximum atomic E-state index is 3.32. The molecule has 0 amide bonds. The second-order valence-corrected chi connectivity index (χ2v) is 2.58. The molecule has 1 unspecified atom stereocenters. The molecule has 0 aliphatic carbocycles. The topological polar surface area (TPSA) is 12.0 Å². The zero-order valence-corrected chi connectivity index (χ0v) is 6.72. The second-order valence-electron chi connectivity index (χ2n) is 2.58. The van der Waals surface area contributed by atoms with Gasteiger partial charge in [0.15, 0.2) is 0 Å². The van der Waals surface area contributed by atoms with Crippen molar-refractivity contribution in [2.75, 3.05) is 0 Å². The fourth-order valence-electron chi connectivity index (χ4n) is 1.31. The molecule has 1 aliphatic heterocycles. The third-order valence-electron chi connectivity index (χ3n) is 1.97. The van der Waals surface area contributed by atoms with Crippen molar-refractivity contribution < 1.29 is 0 Å². The highest BCUT2D eigenvalue weighted by Gasteiger charge is 2.08. The highest BCUT2D eigenvalue weighted by atomic mass is 14.9. The highest BCUT2D eigenvalue weighted by Crippen LogP contribution is 2.13. The molecule has 0 saturated carbocycles. The summed E-state index contributed by atoms with van der Waals surface area (Å²) >= 11 is 0. The van der Waals surface area contributed by atoms with Crippen LogP contribution in [0.4, 0.5) is 0 Å². The van der Waals surface area contributed by atoms with Crippen LogP contribution in [0.1, 0.15) is 26.7 Å². The summed E-state index contributed by atoms with van der Waals surface area (Å²) in [7, 11) is 0. The van der Waals surface area contributed by atoms with Gasteiger partial charge in [0.1, 0.15) is 0 Å². The van der Waals surface area contributed by atoms with E-state index in [4.69, 9.17) is 0 Å². The summed E-state index contributed by atoms with van der Waals surface area (Å²) in [5, 5.41) is 3.32. The Morgan fingerprint density at radius 1 is 1.50 bits per heavy atom. The van der Waals surface area contributed by atoms with E-state index < -0.39 is 0 Å². The van der Waals surface area contributed by atoms with Gasteiger partial charge in [0.25, 0.3) is 0 Å². The van der Waals surface area contributed by atoms with Gasteiger partial charge in [-0.3, -0.25) is 0 Å². The fourth-order valence-corrected chi connectivity index (χ4v) is 1.31. The van der Waals surface area contributed by atoms with Gasteiger partial charge in [-0.1, -0.05) is 19.9 Å². The van der Waals surface area contributed by atoms with Crippen LogP contribution in [-0.2, 0) is 0 Å². The maximum Gasteiger partial charge on any atom is 0.0468 e. The minimum absolute atomic E-state index is 0.593. The van der Waals surface area contributed by atoms with Gasteiger partial charge in [0.2, 0.25) is 0 Å². The average molecular weight is 137 g/mol. The molecule has 1 rings (SSSR count). The minimum Gasteiger partial charge on any atom is -0.384 e. The summed E-state index contributed by atoms with van der Waals surface area (Å²) in [6, 6.07) is 0.593. The number of nitrogens with one attached hydrogen (secondary N) is 1. The number of allylic oxidation sites excluding steroid dienone is 2. The van der Waals surface area contributed by atoms with Crippen LogP contribution in [0.15, 0.2) is 23.9 Å². The average Bonchev–Trinajstić information content (AvgIpc) is 2.04. The zero-order chi connectivity index (χ0) is 7.40. The van der Waals surface area contributed by atoms with Crippen molar-refractivity contribution >= 4 is 0 Å². The Morgan fingerprint density at radius 3 is 2.80 bits per heavy atom. The third-order valence-corrected chi connectivity index (χ3v) is 1.97. The van der Waals surface area contributed by atoms with Crippen molar-refractivity contribution in [3.8, 4) is 0 Å². The molecule has 0 spiro atoms. The summed E-state index contributed by atoms with van der Waals surface area (Å²) in [5.41, 5.74) is 1.52. The monoisotopic (exact) mass is 137 g/mol. The molecule has 10 heavy (non-hydrogen) atoms. The molecule has 0 bridgehead atoms. The van der Waals surface area contributed by atoms with Gasteiger partial charge in [-0.25, -0.2) is 0 Å². The van der Waals surface area contributed by atoms with Gasteiger partial charge < -0.3 is 5.32 Å². The van der Waals surface area contributed by atoms with E-state index in [-0.39, 0.29) is 0 Å². The lowest BCUT2D eigenvalue weighted by molar-refractivity contribution is 0.618. The molecular formula is C9H15N. The van der Waals surface area contributed by atoms with Crippen LogP contribution in [0.5, 0.6) is 0 Å². The molecule has 0 aromatic rings. The van der Waals surface area contributed by atoms with Crippen LogP contribution in [0, 0.1) is 0 Å². The normalized spacial score (nSPS) is 23.8. The third kappa shape index (κ3) is 1.41. The molecule has 1 heteroatoms. The number of hydrogen-bond donors (Lipinski definition) is 1. The van der Waals surface area contributed by atoms with Crippen molar-refractivity contribution in [3.05, 3.63) is 23.9 Å². The zero-order valence-electron chi connectivity index (χ0n) is 6.72. The number of rotatable bonds is 2. The first-order chi connectivity index (χ1) is 4.88. The molecule has 0 radical (unpaired) electrons. The Hall–Kier alpha value is -0.720. The van der Waals surface area contributed by atoms with Crippen LogP contribution < -0.4 is 5.32 Å². The summed E-state index contributed by atoms with van der Waals surface area (Å²) in [6.45, 7) is 4.41. The predicted octanol–water partition coefficient (Wildman–Crippen LogP) is 2.22. The Morgan fingerprint density at radius 2 is 2.30 bits per heavy atom. The maximum absolute atomic E-state index is 3.32. The lowest BCUT2D eigenvalue weighted by atomic mass is 10.0. The van der Waals surface area contributed by atoms with Crippen LogP contribution in [0.25, 0.3) is 0 Å². The molecule has 0 fully saturated rings. The number of hydrogen-bond acceptors (Lipinski definition) is 1. The second kappa shape index (κ2) is 3.45. The van der Waals surface area contributed by atoms with E-state index in [9.17, 15) is 0 Å². The van der Waals surface area contributed by atoms with Crippen molar-refractivity contribution in [2.24, 2.45) is 0 Å². The van der Waals surface area contributed by atoms with E-state index in [0.29, 0.717) is 6.04 Å². The SMILES string of the molecule is CCC1=CC=CNC1CC. The van der Waals surface area contributed by atoms with Crippen molar-refractivity contribution in [2.45, 2.75) is 32.7 Å². The lowest BCUT2D eigenvalue weighted by Crippen LogP contribution is -2.27.